The van der Waals surface area contributed by atoms with Gasteiger partial charge in [-0.2, -0.15) is 5.10 Å². The van der Waals surface area contributed by atoms with Crippen molar-refractivity contribution in [3.63, 3.8) is 0 Å². The van der Waals surface area contributed by atoms with E-state index in [0.717, 1.165) is 25.9 Å². The van der Waals surface area contributed by atoms with Crippen LogP contribution in [-0.2, 0) is 13.0 Å². The molecule has 0 saturated heterocycles. The molecular weight excluding hydrogens is 222 g/mol. The van der Waals surface area contributed by atoms with Gasteiger partial charge in [0.1, 0.15) is 0 Å². The average Bonchev–Trinajstić information content (AvgIpc) is 2.97. The molecule has 0 atom stereocenters. The predicted molar refractivity (Wildman–Crippen MR) is 74.9 cm³/mol. The van der Waals surface area contributed by atoms with E-state index in [-0.39, 0.29) is 0 Å². The van der Waals surface area contributed by atoms with Gasteiger partial charge in [-0.1, -0.05) is 13.0 Å². The van der Waals surface area contributed by atoms with E-state index in [1.165, 1.54) is 28.1 Å². The lowest BCUT2D eigenvalue weighted by molar-refractivity contribution is 0.587. The Morgan fingerprint density at radius 1 is 1.39 bits per heavy atom. The third-order valence-electron chi connectivity index (χ3n) is 3.66. The fourth-order valence-corrected chi connectivity index (χ4v) is 2.64. The summed E-state index contributed by atoms with van der Waals surface area (Å²) >= 11 is 0. The zero-order valence-corrected chi connectivity index (χ0v) is 11.0. The summed E-state index contributed by atoms with van der Waals surface area (Å²) in [5.41, 5.74) is 6.53. The highest BCUT2D eigenvalue weighted by Crippen LogP contribution is 2.30. The van der Waals surface area contributed by atoms with Crippen LogP contribution in [0.2, 0.25) is 0 Å². The van der Waals surface area contributed by atoms with E-state index >= 15 is 0 Å². The summed E-state index contributed by atoms with van der Waals surface area (Å²) < 4.78 is 2.10. The summed E-state index contributed by atoms with van der Waals surface area (Å²) in [6.07, 6.45) is 4.25. The van der Waals surface area contributed by atoms with Gasteiger partial charge < -0.3 is 5.32 Å². The summed E-state index contributed by atoms with van der Waals surface area (Å²) in [7, 11) is 0. The second-order valence-electron chi connectivity index (χ2n) is 4.92. The van der Waals surface area contributed by atoms with Crippen LogP contribution in [0.1, 0.15) is 24.6 Å². The number of rotatable bonds is 3. The average molecular weight is 241 g/mol. The number of nitrogens with zero attached hydrogens (tertiary/aromatic N) is 2. The molecule has 1 aromatic heterocycles. The summed E-state index contributed by atoms with van der Waals surface area (Å²) in [4.78, 5) is 0. The molecule has 3 heteroatoms. The molecule has 1 aliphatic rings. The third kappa shape index (κ3) is 1.80. The summed E-state index contributed by atoms with van der Waals surface area (Å²) in [5.74, 6) is 0. The summed E-state index contributed by atoms with van der Waals surface area (Å²) in [6, 6.07) is 6.68. The van der Waals surface area contributed by atoms with Crippen molar-refractivity contribution in [3.05, 3.63) is 35.7 Å². The number of hydrogen-bond acceptors (Lipinski definition) is 2. The SMILES string of the molecule is CCCn1ncc(-c2ccc3c(c2)CCN3)c1C. The third-order valence-corrected chi connectivity index (χ3v) is 3.66. The Labute approximate surface area is 108 Å². The number of aromatic nitrogens is 2. The Kier molecular flexibility index (Phi) is 2.82. The topological polar surface area (TPSA) is 29.9 Å². The molecule has 1 aromatic carbocycles. The molecule has 0 bridgehead atoms. The van der Waals surface area contributed by atoms with E-state index in [1.54, 1.807) is 0 Å². The van der Waals surface area contributed by atoms with Crippen molar-refractivity contribution in [1.29, 1.82) is 0 Å². The van der Waals surface area contributed by atoms with Crippen molar-refractivity contribution in [3.8, 4) is 11.1 Å². The molecule has 2 aromatic rings. The lowest BCUT2D eigenvalue weighted by Gasteiger charge is -2.06. The molecule has 0 unspecified atom stereocenters. The molecule has 0 spiro atoms. The Balaban J connectivity index is 1.99. The Bertz CT molecular complexity index is 569. The van der Waals surface area contributed by atoms with E-state index < -0.39 is 0 Å². The lowest BCUT2D eigenvalue weighted by atomic mass is 10.0. The molecule has 0 amide bonds. The maximum absolute atomic E-state index is 4.48. The first-order valence-corrected chi connectivity index (χ1v) is 6.69. The van der Waals surface area contributed by atoms with Gasteiger partial charge in [-0.3, -0.25) is 4.68 Å². The molecule has 0 saturated carbocycles. The van der Waals surface area contributed by atoms with Gasteiger partial charge in [-0.15, -0.1) is 0 Å². The normalized spacial score (nSPS) is 13.4. The Hall–Kier alpha value is -1.77. The van der Waals surface area contributed by atoms with E-state index in [2.05, 4.69) is 47.1 Å². The van der Waals surface area contributed by atoms with E-state index in [0.29, 0.717) is 0 Å². The minimum Gasteiger partial charge on any atom is -0.384 e. The zero-order chi connectivity index (χ0) is 12.5. The van der Waals surface area contributed by atoms with E-state index in [1.807, 2.05) is 6.20 Å². The quantitative estimate of drug-likeness (QED) is 0.894. The van der Waals surface area contributed by atoms with Crippen LogP contribution >= 0.6 is 0 Å². The van der Waals surface area contributed by atoms with Crippen LogP contribution in [0.5, 0.6) is 0 Å². The largest absolute Gasteiger partial charge is 0.384 e. The summed E-state index contributed by atoms with van der Waals surface area (Å²) in [6.45, 7) is 6.40. The molecule has 0 radical (unpaired) electrons. The highest BCUT2D eigenvalue weighted by atomic mass is 15.3. The van der Waals surface area contributed by atoms with E-state index in [9.17, 15) is 0 Å². The smallest absolute Gasteiger partial charge is 0.0571 e. The van der Waals surface area contributed by atoms with Crippen molar-refractivity contribution < 1.29 is 0 Å². The Morgan fingerprint density at radius 3 is 3.11 bits per heavy atom. The summed E-state index contributed by atoms with van der Waals surface area (Å²) in [5, 5.41) is 7.87. The van der Waals surface area contributed by atoms with Crippen LogP contribution in [0.25, 0.3) is 11.1 Å². The molecule has 3 rings (SSSR count). The van der Waals surface area contributed by atoms with Gasteiger partial charge in [0, 0.05) is 30.0 Å². The van der Waals surface area contributed by atoms with Gasteiger partial charge in [-0.25, -0.2) is 0 Å². The second kappa shape index (κ2) is 4.48. The first-order chi connectivity index (χ1) is 8.79. The van der Waals surface area contributed by atoms with Gasteiger partial charge in [0.05, 0.1) is 6.20 Å². The molecular formula is C15H19N3. The fraction of sp³-hybridized carbons (Fsp3) is 0.400. The van der Waals surface area contributed by atoms with E-state index in [4.69, 9.17) is 0 Å². The molecule has 1 aliphatic heterocycles. The van der Waals surface area contributed by atoms with Crippen molar-refractivity contribution in [1.82, 2.24) is 9.78 Å². The van der Waals surface area contributed by atoms with Crippen LogP contribution in [-0.4, -0.2) is 16.3 Å². The fourth-order valence-electron chi connectivity index (χ4n) is 2.64. The van der Waals surface area contributed by atoms with Gasteiger partial charge in [0.25, 0.3) is 0 Å². The van der Waals surface area contributed by atoms with Crippen LogP contribution in [0.15, 0.2) is 24.4 Å². The maximum atomic E-state index is 4.48. The molecule has 0 aliphatic carbocycles. The predicted octanol–water partition coefficient (Wildman–Crippen LogP) is 3.24. The molecule has 0 fully saturated rings. The highest BCUT2D eigenvalue weighted by Gasteiger charge is 2.13. The monoisotopic (exact) mass is 241 g/mol. The van der Waals surface area contributed by atoms with Gasteiger partial charge in [0.2, 0.25) is 0 Å². The lowest BCUT2D eigenvalue weighted by Crippen LogP contribution is -2.00. The first kappa shape index (κ1) is 11.3. The van der Waals surface area contributed by atoms with Crippen LogP contribution < -0.4 is 5.32 Å². The zero-order valence-electron chi connectivity index (χ0n) is 11.0. The number of fused-ring (bicyclic) bond motifs is 1. The van der Waals surface area contributed by atoms with Crippen LogP contribution in [0.4, 0.5) is 5.69 Å². The van der Waals surface area contributed by atoms with Crippen molar-refractivity contribution in [2.45, 2.75) is 33.2 Å². The molecule has 3 nitrogen and oxygen atoms in total. The van der Waals surface area contributed by atoms with Crippen molar-refractivity contribution in [2.75, 3.05) is 11.9 Å². The number of nitrogens with one attached hydrogen (secondary N) is 1. The number of hydrogen-bond donors (Lipinski definition) is 1. The molecule has 2 heterocycles. The van der Waals surface area contributed by atoms with Crippen LogP contribution in [0, 0.1) is 6.92 Å². The Morgan fingerprint density at radius 2 is 2.28 bits per heavy atom. The number of anilines is 1. The minimum atomic E-state index is 0.998. The highest BCUT2D eigenvalue weighted by molar-refractivity contribution is 5.71. The second-order valence-corrected chi connectivity index (χ2v) is 4.92. The standard InChI is InChI=1S/C15H19N3/c1-3-8-18-11(2)14(10-17-18)12-4-5-15-13(9-12)6-7-16-15/h4-5,9-10,16H,3,6-8H2,1-2H3. The van der Waals surface area contributed by atoms with Gasteiger partial charge >= 0.3 is 0 Å². The van der Waals surface area contributed by atoms with Gasteiger partial charge in [-0.05, 0) is 43.0 Å². The van der Waals surface area contributed by atoms with Gasteiger partial charge in [0.15, 0.2) is 0 Å². The van der Waals surface area contributed by atoms with Crippen LogP contribution in [0.3, 0.4) is 0 Å². The molecule has 1 N–H and O–H groups in total. The number of aryl methyl sites for hydroxylation is 1. The van der Waals surface area contributed by atoms with Crippen molar-refractivity contribution in [2.24, 2.45) is 0 Å². The minimum absolute atomic E-state index is 0.998. The number of benzene rings is 1. The first-order valence-electron chi connectivity index (χ1n) is 6.69. The maximum Gasteiger partial charge on any atom is 0.0571 e. The van der Waals surface area contributed by atoms with Crippen molar-refractivity contribution >= 4 is 5.69 Å². The molecule has 94 valence electrons. The molecule has 18 heavy (non-hydrogen) atoms.